The van der Waals surface area contributed by atoms with Gasteiger partial charge < -0.3 is 19.5 Å². The lowest BCUT2D eigenvalue weighted by Gasteiger charge is -2.34. The maximum Gasteiger partial charge on any atom is 0.240 e. The van der Waals surface area contributed by atoms with Crippen LogP contribution < -0.4 is 15.5 Å². The van der Waals surface area contributed by atoms with E-state index in [9.17, 15) is 14.4 Å². The molecule has 1 fully saturated rings. The Morgan fingerprint density at radius 3 is 2.33 bits per heavy atom. The molecule has 1 aromatic rings. The minimum absolute atomic E-state index is 0.0786. The number of nitrogens with one attached hydrogen (secondary N) is 1. The fraction of sp³-hybridized carbons (Fsp3) is 0.632. The second kappa shape index (κ2) is 8.56. The number of piperazine rings is 1. The summed E-state index contributed by atoms with van der Waals surface area (Å²) in [5.41, 5.74) is 0.215. The number of nitrogens with zero attached hydrogens (tertiary/aromatic N) is 3. The van der Waals surface area contributed by atoms with Crippen molar-refractivity contribution in [1.29, 1.82) is 0 Å². The Morgan fingerprint density at radius 1 is 1.19 bits per heavy atom. The Hall–Kier alpha value is -2.35. The van der Waals surface area contributed by atoms with Crippen molar-refractivity contribution in [3.63, 3.8) is 0 Å². The summed E-state index contributed by atoms with van der Waals surface area (Å²) < 4.78 is 6.89. The van der Waals surface area contributed by atoms with Crippen LogP contribution in [0.3, 0.4) is 0 Å². The summed E-state index contributed by atoms with van der Waals surface area (Å²) in [5, 5.41) is 2.93. The molecule has 1 aromatic heterocycles. The van der Waals surface area contributed by atoms with E-state index in [1.54, 1.807) is 17.7 Å². The van der Waals surface area contributed by atoms with Crippen LogP contribution in [0.2, 0.25) is 0 Å². The highest BCUT2D eigenvalue weighted by Gasteiger charge is 2.21. The van der Waals surface area contributed by atoms with Gasteiger partial charge in [-0.25, -0.2) is 0 Å². The summed E-state index contributed by atoms with van der Waals surface area (Å²) in [4.78, 5) is 40.0. The zero-order chi connectivity index (χ0) is 20.2. The third-order valence-electron chi connectivity index (χ3n) is 4.43. The molecule has 0 saturated carbocycles. The monoisotopic (exact) mass is 378 g/mol. The van der Waals surface area contributed by atoms with E-state index in [0.717, 1.165) is 18.8 Å². The summed E-state index contributed by atoms with van der Waals surface area (Å²) >= 11 is 0. The molecule has 1 aliphatic rings. The third-order valence-corrected chi connectivity index (χ3v) is 4.43. The molecule has 27 heavy (non-hydrogen) atoms. The highest BCUT2D eigenvalue weighted by molar-refractivity contribution is 5.76. The highest BCUT2D eigenvalue weighted by Crippen LogP contribution is 2.12. The van der Waals surface area contributed by atoms with Crippen LogP contribution in [-0.4, -0.2) is 65.0 Å². The average molecular weight is 378 g/mol. The number of rotatable bonds is 5. The molecule has 150 valence electrons. The van der Waals surface area contributed by atoms with Crippen LogP contribution in [0, 0.1) is 0 Å². The van der Waals surface area contributed by atoms with E-state index < -0.39 is 0 Å². The second-order valence-corrected chi connectivity index (χ2v) is 7.91. The Morgan fingerprint density at radius 2 is 1.81 bits per heavy atom. The molecule has 0 unspecified atom stereocenters. The van der Waals surface area contributed by atoms with Gasteiger partial charge in [0, 0.05) is 56.9 Å². The van der Waals surface area contributed by atoms with Crippen LogP contribution in [0.15, 0.2) is 17.1 Å². The summed E-state index contributed by atoms with van der Waals surface area (Å²) in [6.07, 6.45) is 1.59. The first kappa shape index (κ1) is 21.0. The van der Waals surface area contributed by atoms with Crippen molar-refractivity contribution in [2.45, 2.75) is 46.3 Å². The smallest absolute Gasteiger partial charge is 0.240 e. The fourth-order valence-electron chi connectivity index (χ4n) is 3.09. The quantitative estimate of drug-likeness (QED) is 0.804. The normalized spacial score (nSPS) is 15.5. The van der Waals surface area contributed by atoms with Crippen molar-refractivity contribution >= 4 is 11.8 Å². The molecule has 1 aliphatic heterocycles. The Balaban J connectivity index is 2.17. The molecule has 0 bridgehead atoms. The van der Waals surface area contributed by atoms with Crippen LogP contribution in [0.1, 0.15) is 33.4 Å². The summed E-state index contributed by atoms with van der Waals surface area (Å²) in [5.74, 6) is 0.161. The van der Waals surface area contributed by atoms with E-state index in [1.165, 1.54) is 13.2 Å². The Labute approximate surface area is 160 Å². The Kier molecular flexibility index (Phi) is 6.64. The van der Waals surface area contributed by atoms with Gasteiger partial charge in [0.1, 0.15) is 6.54 Å². The SMILES string of the molecule is COc1cn(CC(=O)NC(C)(C)C)c(CN2CCN(C(C)=O)CC2)cc1=O. The average Bonchev–Trinajstić information content (AvgIpc) is 2.56. The molecule has 0 aromatic carbocycles. The standard InChI is InChI=1S/C19H30N4O4/c1-14(24)22-8-6-21(7-9-22)11-15-10-16(25)17(27-5)12-23(15)13-18(26)20-19(2,3)4/h10,12H,6-9,11,13H2,1-5H3,(H,20,26). The van der Waals surface area contributed by atoms with E-state index in [4.69, 9.17) is 4.74 Å². The molecule has 0 atom stereocenters. The number of amides is 2. The fourth-order valence-corrected chi connectivity index (χ4v) is 3.09. The number of ether oxygens (including phenoxy) is 1. The number of aromatic nitrogens is 1. The van der Waals surface area contributed by atoms with Gasteiger partial charge in [-0.3, -0.25) is 19.3 Å². The van der Waals surface area contributed by atoms with Crippen molar-refractivity contribution in [3.05, 3.63) is 28.2 Å². The molecule has 2 heterocycles. The molecular weight excluding hydrogens is 348 g/mol. The van der Waals surface area contributed by atoms with Gasteiger partial charge in [0.2, 0.25) is 17.2 Å². The first-order valence-electron chi connectivity index (χ1n) is 9.15. The molecule has 0 aliphatic carbocycles. The van der Waals surface area contributed by atoms with E-state index in [0.29, 0.717) is 19.6 Å². The molecule has 0 spiro atoms. The molecule has 1 N–H and O–H groups in total. The molecule has 0 radical (unpaired) electrons. The van der Waals surface area contributed by atoms with E-state index in [1.807, 2.05) is 25.7 Å². The van der Waals surface area contributed by atoms with Crippen molar-refractivity contribution in [2.24, 2.45) is 0 Å². The van der Waals surface area contributed by atoms with Crippen LogP contribution in [-0.2, 0) is 22.7 Å². The van der Waals surface area contributed by atoms with E-state index in [-0.39, 0.29) is 35.1 Å². The molecule has 2 amide bonds. The number of hydrogen-bond donors (Lipinski definition) is 1. The molecule has 8 heteroatoms. The first-order chi connectivity index (χ1) is 12.6. The van der Waals surface area contributed by atoms with Crippen molar-refractivity contribution in [3.8, 4) is 5.75 Å². The number of pyridine rings is 1. The topological polar surface area (TPSA) is 83.9 Å². The van der Waals surface area contributed by atoms with Crippen LogP contribution in [0.25, 0.3) is 0 Å². The summed E-state index contributed by atoms with van der Waals surface area (Å²) in [6, 6.07) is 1.53. The van der Waals surface area contributed by atoms with Gasteiger partial charge in [0.05, 0.1) is 13.3 Å². The molecule has 1 saturated heterocycles. The lowest BCUT2D eigenvalue weighted by molar-refractivity contribution is -0.130. The second-order valence-electron chi connectivity index (χ2n) is 7.91. The van der Waals surface area contributed by atoms with Gasteiger partial charge in [-0.05, 0) is 20.8 Å². The minimum Gasteiger partial charge on any atom is -0.491 e. The number of hydrogen-bond acceptors (Lipinski definition) is 5. The van der Waals surface area contributed by atoms with Crippen LogP contribution in [0.4, 0.5) is 0 Å². The number of carbonyl (C=O) groups is 2. The molecule has 8 nitrogen and oxygen atoms in total. The van der Waals surface area contributed by atoms with Gasteiger partial charge in [-0.15, -0.1) is 0 Å². The van der Waals surface area contributed by atoms with Gasteiger partial charge in [-0.2, -0.15) is 0 Å². The number of methoxy groups -OCH3 is 1. The van der Waals surface area contributed by atoms with Crippen molar-refractivity contribution < 1.29 is 14.3 Å². The summed E-state index contributed by atoms with van der Waals surface area (Å²) in [7, 11) is 1.44. The predicted molar refractivity (Wildman–Crippen MR) is 103 cm³/mol. The maximum atomic E-state index is 12.4. The Bertz CT molecular complexity index is 743. The van der Waals surface area contributed by atoms with Crippen LogP contribution in [0.5, 0.6) is 5.75 Å². The van der Waals surface area contributed by atoms with Crippen LogP contribution >= 0.6 is 0 Å². The lowest BCUT2D eigenvalue weighted by Crippen LogP contribution is -2.48. The highest BCUT2D eigenvalue weighted by atomic mass is 16.5. The van der Waals surface area contributed by atoms with Gasteiger partial charge in [0.15, 0.2) is 5.75 Å². The van der Waals surface area contributed by atoms with Crippen molar-refractivity contribution in [2.75, 3.05) is 33.3 Å². The van der Waals surface area contributed by atoms with E-state index in [2.05, 4.69) is 10.2 Å². The van der Waals surface area contributed by atoms with E-state index >= 15 is 0 Å². The third kappa shape index (κ3) is 6.09. The molecular formula is C19H30N4O4. The minimum atomic E-state index is -0.330. The van der Waals surface area contributed by atoms with Gasteiger partial charge in [-0.1, -0.05) is 0 Å². The zero-order valence-corrected chi connectivity index (χ0v) is 16.9. The zero-order valence-electron chi connectivity index (χ0n) is 16.9. The lowest BCUT2D eigenvalue weighted by atomic mass is 10.1. The number of carbonyl (C=O) groups excluding carboxylic acids is 2. The molecule has 2 rings (SSSR count). The maximum absolute atomic E-state index is 12.4. The predicted octanol–water partition coefficient (Wildman–Crippen LogP) is 0.436. The van der Waals surface area contributed by atoms with Gasteiger partial charge >= 0.3 is 0 Å². The largest absolute Gasteiger partial charge is 0.491 e. The van der Waals surface area contributed by atoms with Crippen molar-refractivity contribution in [1.82, 2.24) is 19.7 Å². The first-order valence-corrected chi connectivity index (χ1v) is 9.15. The van der Waals surface area contributed by atoms with Gasteiger partial charge in [0.25, 0.3) is 0 Å². The summed E-state index contributed by atoms with van der Waals surface area (Å²) in [6.45, 7) is 10.8.